The van der Waals surface area contributed by atoms with Gasteiger partial charge < -0.3 is 121 Å². The van der Waals surface area contributed by atoms with E-state index in [0.29, 0.717) is 40.1 Å². The Morgan fingerprint density at radius 1 is 0.578 bits per heavy atom. The Morgan fingerprint density at radius 2 is 1.18 bits per heavy atom. The lowest BCUT2D eigenvalue weighted by Crippen LogP contribution is -2.62. The number of unbranched alkanes of at least 4 members (excludes halogenated alkanes) is 4. The molecule has 24 N–H and O–H groups in total. The molecule has 0 bridgehead atoms. The van der Waals surface area contributed by atoms with Crippen LogP contribution in [0.5, 0.6) is 0 Å². The standard InChI is InChI=1S/C73H111N17O26/c1-9-35(3)19-13-11-12-14-23-51(93)80-45(28-40-32-77-42-21-16-15-20-41(40)42)65(106)83-44(24-25-54(96)97)63(104)85-47(30-50(76)92)68(109)88-59-39(7)116-73(115)58(36(4)10-2)87-70(111)57(37(5)27-55(98)99)86-67(108)46(29-49(75)91)81-52(94)33-78-69(110)60(61(102)72(113)114)89-64(105)43(22-17-18-26-74)82-66(107)48(31-56(100)101)84-62(103)38(6)79-53(95)34-90(8)71(59)112/h15-16,20-21,32,35-39,43-48,57-61,77,102H,9-14,17-19,22-31,33-34,74H2,1-8H3,(H2,75,91)(H2,76,92)(H,78,110)(H,79,95)(H,80,93)(H,81,94)(H,82,107)(H,83,106)(H,84,103)(H,85,104)(H,86,108)(H,87,111)(H,88,109)(H,89,105)(H,96,97)(H,98,99)(H,100,101)(H,113,114)/t35?,36-,37?,38-,39+,43+,44+,45-,46+,47-,48-,57-,58-,59-,60-,61?/m0/s1. The number of benzene rings is 1. The van der Waals surface area contributed by atoms with Crippen molar-refractivity contribution >= 4 is 129 Å². The average molecular weight is 1640 g/mol. The topological polar surface area (TPSA) is 693 Å². The first-order valence-corrected chi connectivity index (χ1v) is 37.9. The summed E-state index contributed by atoms with van der Waals surface area (Å²) in [5, 5.41) is 77.4. The number of hydrogen-bond acceptors (Lipinski definition) is 23. The van der Waals surface area contributed by atoms with Gasteiger partial charge in [-0.05, 0) is 81.9 Å². The molecule has 1 fully saturated rings. The van der Waals surface area contributed by atoms with E-state index in [4.69, 9.17) is 21.9 Å². The summed E-state index contributed by atoms with van der Waals surface area (Å²) in [6, 6.07) is -15.1. The summed E-state index contributed by atoms with van der Waals surface area (Å²) in [6.07, 6.45) is -4.63. The van der Waals surface area contributed by atoms with Gasteiger partial charge in [-0.2, -0.15) is 0 Å². The van der Waals surface area contributed by atoms with Gasteiger partial charge in [0.15, 0.2) is 6.10 Å². The molecular formula is C73H111N17O26. The Kier molecular flexibility index (Phi) is 41.5. The minimum absolute atomic E-state index is 0.000771. The number of rotatable bonds is 37. The molecule has 3 rings (SSSR count). The number of para-hydroxylation sites is 1. The minimum Gasteiger partial charge on any atom is -0.481 e. The average Bonchev–Trinajstić information content (AvgIpc) is 1.45. The molecule has 1 aliphatic heterocycles. The number of carboxylic acid groups (broad SMARTS) is 4. The number of aliphatic hydroxyl groups excluding tert-OH is 1. The van der Waals surface area contributed by atoms with E-state index in [0.717, 1.165) is 53.5 Å². The number of nitrogens with zero attached hydrogens (tertiary/aromatic N) is 1. The number of esters is 1. The van der Waals surface area contributed by atoms with E-state index in [9.17, 15) is 121 Å². The number of aliphatic carboxylic acids is 4. The van der Waals surface area contributed by atoms with Crippen molar-refractivity contribution in [3.63, 3.8) is 0 Å². The van der Waals surface area contributed by atoms with E-state index in [1.54, 1.807) is 30.5 Å². The predicted molar refractivity (Wildman–Crippen MR) is 406 cm³/mol. The Balaban J connectivity index is 2.26. The molecule has 0 saturated carbocycles. The summed E-state index contributed by atoms with van der Waals surface area (Å²) in [5.41, 5.74) is 17.9. The molecule has 0 spiro atoms. The van der Waals surface area contributed by atoms with Crippen molar-refractivity contribution in [2.75, 3.05) is 26.7 Å². The number of aliphatic hydroxyl groups is 1. The van der Waals surface area contributed by atoms with Gasteiger partial charge in [0.1, 0.15) is 72.6 Å². The highest BCUT2D eigenvalue weighted by Crippen LogP contribution is 2.22. The van der Waals surface area contributed by atoms with Gasteiger partial charge in [0.25, 0.3) is 0 Å². The summed E-state index contributed by atoms with van der Waals surface area (Å²) in [6.45, 7) is 7.91. The van der Waals surface area contributed by atoms with Crippen LogP contribution in [-0.2, 0) is 107 Å². The Hall–Kier alpha value is -11.9. The van der Waals surface area contributed by atoms with Gasteiger partial charge in [0.2, 0.25) is 88.6 Å². The van der Waals surface area contributed by atoms with Crippen LogP contribution in [0.3, 0.4) is 0 Å². The lowest BCUT2D eigenvalue weighted by atomic mass is 9.94. The van der Waals surface area contributed by atoms with Crippen LogP contribution in [-0.4, -0.2) is 259 Å². The van der Waals surface area contributed by atoms with E-state index in [1.165, 1.54) is 13.8 Å². The summed E-state index contributed by atoms with van der Waals surface area (Å²) in [5.74, 6) is -29.9. The van der Waals surface area contributed by atoms with Crippen LogP contribution in [0.1, 0.15) is 163 Å². The molecule has 1 aromatic heterocycles. The molecule has 3 unspecified atom stereocenters. The van der Waals surface area contributed by atoms with Crippen molar-refractivity contribution in [1.82, 2.24) is 73.7 Å². The van der Waals surface area contributed by atoms with Gasteiger partial charge in [-0.15, -0.1) is 0 Å². The lowest BCUT2D eigenvalue weighted by Gasteiger charge is -2.32. The summed E-state index contributed by atoms with van der Waals surface area (Å²) in [4.78, 5) is 277. The van der Waals surface area contributed by atoms with E-state index in [-0.39, 0.29) is 38.6 Å². The number of H-pyrrole nitrogens is 1. The van der Waals surface area contributed by atoms with Crippen molar-refractivity contribution in [2.24, 2.45) is 35.0 Å². The molecule has 2 aromatic rings. The molecular weight excluding hydrogens is 1530 g/mol. The SMILES string of the molecule is CCC(C)CCCCCCC(=O)N[C@@H](Cc1c[nH]c2ccccc12)C(=O)N[C@H](CCC(=O)O)C(=O)N[C@@H](CC(N)=O)C(=O)N[C@@H]1C(=O)N(C)CC(=O)N[C@@H](C)C(=O)N[C@@H](CC(=O)O)C(=O)N[C@H](CCCCN)C(=O)N[C@@H](C(O)C(=O)O)C(=O)NCC(=O)N[C@H](CC(N)=O)C(=O)N[C@@H](C(C)CC(=O)O)C(=O)N[C@@H]([C@@H](C)CC)C(=O)O[C@@H]1C. The van der Waals surface area contributed by atoms with Gasteiger partial charge in [0.05, 0.1) is 38.8 Å². The van der Waals surface area contributed by atoms with Crippen molar-refractivity contribution in [3.05, 3.63) is 36.0 Å². The molecule has 16 atom stereocenters. The lowest BCUT2D eigenvalue weighted by molar-refractivity contribution is -0.159. The number of cyclic esters (lactones) is 1. The zero-order chi connectivity index (χ0) is 87.4. The Labute approximate surface area is 667 Å². The number of primary amides is 2. The highest BCUT2D eigenvalue weighted by molar-refractivity contribution is 6.02. The largest absolute Gasteiger partial charge is 0.481 e. The fourth-order valence-corrected chi connectivity index (χ4v) is 12.0. The van der Waals surface area contributed by atoms with E-state index in [1.807, 2.05) is 16.0 Å². The van der Waals surface area contributed by atoms with Gasteiger partial charge in [0, 0.05) is 43.4 Å². The quantitative estimate of drug-likeness (QED) is 0.0222. The van der Waals surface area contributed by atoms with Crippen molar-refractivity contribution in [3.8, 4) is 0 Å². The molecule has 15 amide bonds. The number of hydrogen-bond donors (Lipinski definition) is 21. The number of fused-ring (bicyclic) bond motifs is 1. The number of likely N-dealkylation sites (N-methyl/N-ethyl adjacent to an activating group) is 1. The second kappa shape index (κ2) is 49.0. The van der Waals surface area contributed by atoms with E-state index < -0.39 is 267 Å². The zero-order valence-electron chi connectivity index (χ0n) is 66.0. The molecule has 116 heavy (non-hydrogen) atoms. The second-order valence-electron chi connectivity index (χ2n) is 28.7. The van der Waals surface area contributed by atoms with Crippen LogP contribution >= 0.6 is 0 Å². The number of aromatic nitrogens is 1. The smallest absolute Gasteiger partial charge is 0.335 e. The molecule has 1 aromatic carbocycles. The number of aromatic amines is 1. The second-order valence-corrected chi connectivity index (χ2v) is 28.7. The summed E-state index contributed by atoms with van der Waals surface area (Å²) >= 11 is 0. The number of carbonyl (C=O) groups is 20. The maximum absolute atomic E-state index is 15.0. The maximum Gasteiger partial charge on any atom is 0.335 e. The van der Waals surface area contributed by atoms with Gasteiger partial charge in [-0.1, -0.05) is 91.3 Å². The molecule has 43 heteroatoms. The third-order valence-corrected chi connectivity index (χ3v) is 19.1. The van der Waals surface area contributed by atoms with Crippen LogP contribution in [0, 0.1) is 17.8 Å². The molecule has 0 radical (unpaired) electrons. The van der Waals surface area contributed by atoms with Crippen LogP contribution < -0.4 is 81.0 Å². The number of nitrogens with two attached hydrogens (primary N) is 3. The van der Waals surface area contributed by atoms with Gasteiger partial charge in [-0.25, -0.2) is 9.59 Å². The number of nitrogens with one attached hydrogen (secondary N) is 13. The van der Waals surface area contributed by atoms with Crippen molar-refractivity contribution < 1.29 is 126 Å². The zero-order valence-corrected chi connectivity index (χ0v) is 66.0. The first kappa shape index (κ1) is 98.3. The third kappa shape index (κ3) is 33.6. The number of amides is 15. The third-order valence-electron chi connectivity index (χ3n) is 19.1. The Bertz CT molecular complexity index is 3860. The van der Waals surface area contributed by atoms with Crippen molar-refractivity contribution in [1.29, 1.82) is 0 Å². The van der Waals surface area contributed by atoms with Crippen LogP contribution in [0.2, 0.25) is 0 Å². The molecule has 1 aliphatic rings. The fraction of sp³-hybridized carbons (Fsp3) is 0.616. The minimum atomic E-state index is -2.83. The number of carboxylic acids is 4. The normalized spacial score (nSPS) is 22.1. The maximum atomic E-state index is 15.0. The summed E-state index contributed by atoms with van der Waals surface area (Å²) in [7, 11) is 0.937. The first-order chi connectivity index (χ1) is 54.5. The number of carbonyl (C=O) groups excluding carboxylic acids is 16. The Morgan fingerprint density at radius 3 is 1.79 bits per heavy atom. The van der Waals surface area contributed by atoms with Crippen LogP contribution in [0.4, 0.5) is 0 Å². The van der Waals surface area contributed by atoms with Gasteiger partial charge in [-0.3, -0.25) is 86.3 Å². The molecule has 644 valence electrons. The van der Waals surface area contributed by atoms with Gasteiger partial charge >= 0.3 is 29.8 Å². The van der Waals surface area contributed by atoms with E-state index >= 15 is 0 Å². The molecule has 43 nitrogen and oxygen atoms in total. The van der Waals surface area contributed by atoms with Crippen LogP contribution in [0.15, 0.2) is 30.5 Å². The summed E-state index contributed by atoms with van der Waals surface area (Å²) < 4.78 is 5.80. The first-order valence-electron chi connectivity index (χ1n) is 37.9. The molecule has 0 aliphatic carbocycles. The fourth-order valence-electron chi connectivity index (χ4n) is 12.0. The van der Waals surface area contributed by atoms with Crippen LogP contribution in [0.25, 0.3) is 10.9 Å². The highest BCUT2D eigenvalue weighted by atomic mass is 16.5. The predicted octanol–water partition coefficient (Wildman–Crippen LogP) is -5.21. The van der Waals surface area contributed by atoms with E-state index in [2.05, 4.69) is 66.7 Å². The number of ether oxygens (including phenoxy) is 1. The van der Waals surface area contributed by atoms with Crippen molar-refractivity contribution in [2.45, 2.75) is 243 Å². The molecule has 2 heterocycles. The molecule has 1 saturated heterocycles. The monoisotopic (exact) mass is 1640 g/mol. The highest BCUT2D eigenvalue weighted by Gasteiger charge is 2.43.